The summed E-state index contributed by atoms with van der Waals surface area (Å²) < 4.78 is 10.8. The Morgan fingerprint density at radius 2 is 1.85 bits per heavy atom. The number of benzene rings is 2. The van der Waals surface area contributed by atoms with Crippen molar-refractivity contribution < 1.29 is 14.3 Å². The molecular weight excluding hydrogens is 324 g/mol. The number of fused-ring (bicyclic) bond motifs is 1. The molecule has 1 aliphatic rings. The predicted octanol–water partition coefficient (Wildman–Crippen LogP) is 5.48. The van der Waals surface area contributed by atoms with Crippen molar-refractivity contribution in [2.45, 2.75) is 39.5 Å². The maximum Gasteiger partial charge on any atom is 0.338 e. The summed E-state index contributed by atoms with van der Waals surface area (Å²) in [6, 6.07) is 13.9. The number of carbonyl (C=O) groups excluding carboxylic acids is 1. The third-order valence-electron chi connectivity index (χ3n) is 4.95. The average Bonchev–Trinajstić information content (AvgIpc) is 2.62. The molecule has 0 aromatic heterocycles. The van der Waals surface area contributed by atoms with Crippen molar-refractivity contribution in [3.8, 4) is 5.75 Å². The van der Waals surface area contributed by atoms with Crippen LogP contribution in [0.15, 0.2) is 42.5 Å². The number of carbonyl (C=O) groups is 1. The Morgan fingerprint density at radius 1 is 1.15 bits per heavy atom. The zero-order valence-corrected chi connectivity index (χ0v) is 16.0. The predicted molar refractivity (Wildman–Crippen MR) is 106 cm³/mol. The standard InChI is InChI=1S/C23H26O3/c1-5-25-22(24)18-8-6-17(7-9-18)14-16(2)19-10-11-21-20(15-19)23(3,4)12-13-26-21/h6-11,14-15H,5,12-13H2,1-4H3. The molecule has 0 saturated heterocycles. The van der Waals surface area contributed by atoms with Crippen molar-refractivity contribution >= 4 is 17.6 Å². The molecule has 0 atom stereocenters. The van der Waals surface area contributed by atoms with E-state index in [1.54, 1.807) is 12.1 Å². The molecule has 26 heavy (non-hydrogen) atoms. The zero-order valence-electron chi connectivity index (χ0n) is 16.0. The van der Waals surface area contributed by atoms with Crippen LogP contribution >= 0.6 is 0 Å². The van der Waals surface area contributed by atoms with Crippen LogP contribution in [0.4, 0.5) is 0 Å². The molecular formula is C23H26O3. The molecule has 0 amide bonds. The van der Waals surface area contributed by atoms with Crippen LogP contribution in [-0.4, -0.2) is 19.2 Å². The van der Waals surface area contributed by atoms with Crippen molar-refractivity contribution in [2.24, 2.45) is 0 Å². The summed E-state index contributed by atoms with van der Waals surface area (Å²) in [6.07, 6.45) is 3.16. The fourth-order valence-corrected chi connectivity index (χ4v) is 3.24. The highest BCUT2D eigenvalue weighted by molar-refractivity contribution is 5.90. The van der Waals surface area contributed by atoms with Gasteiger partial charge >= 0.3 is 5.97 Å². The fourth-order valence-electron chi connectivity index (χ4n) is 3.24. The molecule has 0 spiro atoms. The molecule has 0 saturated carbocycles. The van der Waals surface area contributed by atoms with Gasteiger partial charge in [-0.1, -0.05) is 38.1 Å². The highest BCUT2D eigenvalue weighted by atomic mass is 16.5. The smallest absolute Gasteiger partial charge is 0.338 e. The summed E-state index contributed by atoms with van der Waals surface area (Å²) in [5.41, 5.74) is 5.41. The van der Waals surface area contributed by atoms with Crippen LogP contribution in [-0.2, 0) is 10.2 Å². The van der Waals surface area contributed by atoms with Gasteiger partial charge in [-0.25, -0.2) is 4.79 Å². The number of esters is 1. The summed E-state index contributed by atoms with van der Waals surface area (Å²) in [7, 11) is 0. The molecule has 3 heteroatoms. The molecule has 0 bridgehead atoms. The first kappa shape index (κ1) is 18.2. The first-order chi connectivity index (χ1) is 12.4. The van der Waals surface area contributed by atoms with E-state index in [-0.39, 0.29) is 11.4 Å². The summed E-state index contributed by atoms with van der Waals surface area (Å²) in [4.78, 5) is 11.7. The van der Waals surface area contributed by atoms with Crippen LogP contribution in [0.1, 0.15) is 61.2 Å². The molecule has 3 nitrogen and oxygen atoms in total. The van der Waals surface area contributed by atoms with Crippen LogP contribution < -0.4 is 4.74 Å². The summed E-state index contributed by atoms with van der Waals surface area (Å²) in [6.45, 7) is 9.62. The van der Waals surface area contributed by atoms with E-state index in [0.717, 1.165) is 24.3 Å². The average molecular weight is 350 g/mol. The first-order valence-electron chi connectivity index (χ1n) is 9.14. The maximum atomic E-state index is 11.7. The van der Waals surface area contributed by atoms with Gasteiger partial charge in [-0.15, -0.1) is 0 Å². The second kappa shape index (κ2) is 7.36. The van der Waals surface area contributed by atoms with Crippen molar-refractivity contribution in [1.82, 2.24) is 0 Å². The molecule has 3 rings (SSSR count). The minimum absolute atomic E-state index is 0.130. The van der Waals surface area contributed by atoms with Gasteiger partial charge < -0.3 is 9.47 Å². The lowest BCUT2D eigenvalue weighted by molar-refractivity contribution is 0.0526. The fraction of sp³-hybridized carbons (Fsp3) is 0.348. The van der Waals surface area contributed by atoms with Gasteiger partial charge in [-0.3, -0.25) is 0 Å². The van der Waals surface area contributed by atoms with E-state index in [0.29, 0.717) is 12.2 Å². The minimum Gasteiger partial charge on any atom is -0.493 e. The Balaban J connectivity index is 1.85. The van der Waals surface area contributed by atoms with Gasteiger partial charge in [0.1, 0.15) is 5.75 Å². The van der Waals surface area contributed by atoms with Crippen molar-refractivity contribution in [3.63, 3.8) is 0 Å². The highest BCUT2D eigenvalue weighted by Crippen LogP contribution is 2.39. The van der Waals surface area contributed by atoms with E-state index in [4.69, 9.17) is 9.47 Å². The topological polar surface area (TPSA) is 35.5 Å². The van der Waals surface area contributed by atoms with Crippen LogP contribution in [0.2, 0.25) is 0 Å². The second-order valence-corrected chi connectivity index (χ2v) is 7.36. The van der Waals surface area contributed by atoms with E-state index in [9.17, 15) is 4.79 Å². The number of ether oxygens (including phenoxy) is 2. The van der Waals surface area contributed by atoms with E-state index < -0.39 is 0 Å². The van der Waals surface area contributed by atoms with Crippen LogP contribution in [0.3, 0.4) is 0 Å². The monoisotopic (exact) mass is 350 g/mol. The lowest BCUT2D eigenvalue weighted by Gasteiger charge is -2.32. The number of rotatable bonds is 4. The van der Waals surface area contributed by atoms with Crippen LogP contribution in [0.25, 0.3) is 11.6 Å². The van der Waals surface area contributed by atoms with Gasteiger partial charge in [-0.2, -0.15) is 0 Å². The molecule has 2 aromatic carbocycles. The Bertz CT molecular complexity index is 829. The molecule has 1 heterocycles. The third kappa shape index (κ3) is 3.82. The lowest BCUT2D eigenvalue weighted by atomic mass is 9.79. The number of hydrogen-bond acceptors (Lipinski definition) is 3. The van der Waals surface area contributed by atoms with Crippen LogP contribution in [0, 0.1) is 0 Å². The van der Waals surface area contributed by atoms with Gasteiger partial charge in [0.25, 0.3) is 0 Å². The van der Waals surface area contributed by atoms with Gasteiger partial charge in [0, 0.05) is 5.56 Å². The summed E-state index contributed by atoms with van der Waals surface area (Å²) in [5.74, 6) is 0.716. The Hall–Kier alpha value is -2.55. The first-order valence-corrected chi connectivity index (χ1v) is 9.14. The SMILES string of the molecule is CCOC(=O)c1ccc(C=C(C)c2ccc3c(c2)C(C)(C)CCO3)cc1. The van der Waals surface area contributed by atoms with Crippen molar-refractivity contribution in [3.05, 3.63) is 64.7 Å². The molecule has 0 fully saturated rings. The minimum atomic E-state index is -0.281. The van der Waals surface area contributed by atoms with E-state index in [1.165, 1.54) is 16.7 Å². The normalized spacial score (nSPS) is 15.8. The van der Waals surface area contributed by atoms with Crippen LogP contribution in [0.5, 0.6) is 5.75 Å². The Kier molecular flexibility index (Phi) is 5.17. The maximum absolute atomic E-state index is 11.7. The molecule has 0 N–H and O–H groups in total. The van der Waals surface area contributed by atoms with Gasteiger partial charge in [0.05, 0.1) is 18.8 Å². The molecule has 0 radical (unpaired) electrons. The summed E-state index contributed by atoms with van der Waals surface area (Å²) in [5, 5.41) is 0. The highest BCUT2D eigenvalue weighted by Gasteiger charge is 2.28. The Morgan fingerprint density at radius 3 is 2.54 bits per heavy atom. The lowest BCUT2D eigenvalue weighted by Crippen LogP contribution is -2.26. The van der Waals surface area contributed by atoms with Crippen molar-refractivity contribution in [2.75, 3.05) is 13.2 Å². The zero-order chi connectivity index (χ0) is 18.7. The summed E-state index contributed by atoms with van der Waals surface area (Å²) >= 11 is 0. The van der Waals surface area contributed by atoms with Crippen molar-refractivity contribution in [1.29, 1.82) is 0 Å². The van der Waals surface area contributed by atoms with E-state index in [2.05, 4.69) is 45.0 Å². The number of hydrogen-bond donors (Lipinski definition) is 0. The Labute approximate surface area is 155 Å². The van der Waals surface area contributed by atoms with E-state index >= 15 is 0 Å². The van der Waals surface area contributed by atoms with Gasteiger partial charge in [0.15, 0.2) is 0 Å². The van der Waals surface area contributed by atoms with E-state index in [1.807, 2.05) is 19.1 Å². The molecule has 1 aliphatic heterocycles. The number of allylic oxidation sites excluding steroid dienone is 1. The molecule has 136 valence electrons. The van der Waals surface area contributed by atoms with Gasteiger partial charge in [0.2, 0.25) is 0 Å². The third-order valence-corrected chi connectivity index (χ3v) is 4.95. The molecule has 0 aliphatic carbocycles. The largest absolute Gasteiger partial charge is 0.493 e. The quantitative estimate of drug-likeness (QED) is 0.541. The van der Waals surface area contributed by atoms with Gasteiger partial charge in [-0.05, 0) is 66.6 Å². The molecule has 2 aromatic rings. The molecule has 0 unspecified atom stereocenters. The second-order valence-electron chi connectivity index (χ2n) is 7.36.